The molecule has 2 aromatic heterocycles. The molecule has 1 aliphatic heterocycles. The summed E-state index contributed by atoms with van der Waals surface area (Å²) in [5.41, 5.74) is 3.16. The highest BCUT2D eigenvalue weighted by atomic mass is 16.5. The second kappa shape index (κ2) is 10.9. The maximum Gasteiger partial charge on any atom is 0.327 e. The van der Waals surface area contributed by atoms with Crippen LogP contribution < -0.4 is 20.7 Å². The van der Waals surface area contributed by atoms with Crippen molar-refractivity contribution in [1.29, 1.82) is 0 Å². The molecule has 1 saturated heterocycles. The Bertz CT molecular complexity index is 1230. The van der Waals surface area contributed by atoms with Crippen molar-refractivity contribution < 1.29 is 14.3 Å². The van der Waals surface area contributed by atoms with Gasteiger partial charge in [0.15, 0.2) is 0 Å². The fraction of sp³-hybridized carbons (Fsp3) is 0.357. The molecule has 0 saturated carbocycles. The molecule has 36 heavy (non-hydrogen) atoms. The monoisotopic (exact) mass is 487 g/mol. The Kier molecular flexibility index (Phi) is 7.64. The molecule has 3 aromatic rings. The van der Waals surface area contributed by atoms with Crippen LogP contribution in [0, 0.1) is 12.3 Å². The summed E-state index contributed by atoms with van der Waals surface area (Å²) in [6.45, 7) is 9.14. The maximum atomic E-state index is 12.1. The van der Waals surface area contributed by atoms with E-state index >= 15 is 0 Å². The fourth-order valence-corrected chi connectivity index (χ4v) is 4.00. The Morgan fingerprint density at radius 2 is 1.75 bits per heavy atom. The summed E-state index contributed by atoms with van der Waals surface area (Å²) < 4.78 is 6.07. The van der Waals surface area contributed by atoms with Crippen LogP contribution in [0.15, 0.2) is 54.7 Å². The number of piperidine rings is 1. The molecule has 0 atom stereocenters. The number of urea groups is 1. The number of anilines is 1. The van der Waals surface area contributed by atoms with E-state index in [2.05, 4.69) is 50.2 Å². The SMILES string of the molecule is Cc1nc(NC(=O)NC(=O)C(C)(C)C)ccc1Oc1ccnc(-c2ccc(C3CCNCC3)cc2)c1. The number of imide groups is 1. The van der Waals surface area contributed by atoms with Gasteiger partial charge in [0.25, 0.3) is 0 Å². The molecular weight excluding hydrogens is 454 g/mol. The average molecular weight is 488 g/mol. The number of aromatic nitrogens is 2. The van der Waals surface area contributed by atoms with Gasteiger partial charge in [-0.25, -0.2) is 9.78 Å². The number of amides is 3. The molecule has 0 spiro atoms. The Balaban J connectivity index is 1.41. The standard InChI is InChI=1S/C28H33N5O3/c1-18-24(9-10-25(31-18)32-27(35)33-26(34)28(2,3)4)36-22-13-16-30-23(17-22)21-7-5-19(6-8-21)20-11-14-29-15-12-20/h5-10,13,16-17,20,29H,11-12,14-15H2,1-4H3,(H2,31,32,33,34,35). The lowest BCUT2D eigenvalue weighted by Crippen LogP contribution is -2.41. The summed E-state index contributed by atoms with van der Waals surface area (Å²) in [5.74, 6) is 1.77. The first-order valence-corrected chi connectivity index (χ1v) is 12.2. The summed E-state index contributed by atoms with van der Waals surface area (Å²) in [6.07, 6.45) is 4.06. The highest BCUT2D eigenvalue weighted by Gasteiger charge is 2.23. The third-order valence-corrected chi connectivity index (χ3v) is 6.16. The first-order chi connectivity index (χ1) is 17.2. The summed E-state index contributed by atoms with van der Waals surface area (Å²) in [5, 5.41) is 8.31. The van der Waals surface area contributed by atoms with Gasteiger partial charge in [-0.3, -0.25) is 20.4 Å². The zero-order valence-corrected chi connectivity index (χ0v) is 21.2. The van der Waals surface area contributed by atoms with Crippen LogP contribution in [0.1, 0.15) is 50.8 Å². The molecule has 0 radical (unpaired) electrons. The molecule has 1 aliphatic rings. The molecular formula is C28H33N5O3. The molecule has 188 valence electrons. The largest absolute Gasteiger partial charge is 0.455 e. The second-order valence-electron chi connectivity index (χ2n) is 10.1. The van der Waals surface area contributed by atoms with E-state index in [1.54, 1.807) is 52.1 Å². The van der Waals surface area contributed by atoms with Gasteiger partial charge in [-0.05, 0) is 62.5 Å². The van der Waals surface area contributed by atoms with Crippen molar-refractivity contribution in [2.24, 2.45) is 5.41 Å². The molecule has 3 heterocycles. The lowest BCUT2D eigenvalue weighted by molar-refractivity contribution is -0.127. The van der Waals surface area contributed by atoms with E-state index in [1.165, 1.54) is 18.4 Å². The van der Waals surface area contributed by atoms with Crippen LogP contribution in [0.3, 0.4) is 0 Å². The molecule has 0 unspecified atom stereocenters. The van der Waals surface area contributed by atoms with Crippen molar-refractivity contribution in [3.8, 4) is 22.8 Å². The van der Waals surface area contributed by atoms with Crippen LogP contribution in [0.25, 0.3) is 11.3 Å². The Morgan fingerprint density at radius 3 is 2.42 bits per heavy atom. The quantitative estimate of drug-likeness (QED) is 0.445. The smallest absolute Gasteiger partial charge is 0.327 e. The van der Waals surface area contributed by atoms with E-state index in [-0.39, 0.29) is 5.91 Å². The molecule has 3 amide bonds. The summed E-state index contributed by atoms with van der Waals surface area (Å²) in [6, 6.07) is 15.1. The van der Waals surface area contributed by atoms with Crippen LogP contribution >= 0.6 is 0 Å². The predicted molar refractivity (Wildman–Crippen MR) is 140 cm³/mol. The Labute approximate surface area is 211 Å². The number of pyridine rings is 2. The summed E-state index contributed by atoms with van der Waals surface area (Å²) >= 11 is 0. The topological polar surface area (TPSA) is 105 Å². The molecule has 8 heteroatoms. The maximum absolute atomic E-state index is 12.1. The van der Waals surface area contributed by atoms with Crippen molar-refractivity contribution >= 4 is 17.8 Å². The van der Waals surface area contributed by atoms with Gasteiger partial charge in [-0.15, -0.1) is 0 Å². The molecule has 4 rings (SSSR count). The normalized spacial score (nSPS) is 14.2. The first-order valence-electron chi connectivity index (χ1n) is 12.2. The lowest BCUT2D eigenvalue weighted by atomic mass is 9.89. The number of benzene rings is 1. The molecule has 1 aromatic carbocycles. The van der Waals surface area contributed by atoms with Crippen LogP contribution in [0.5, 0.6) is 11.5 Å². The van der Waals surface area contributed by atoms with Crippen LogP contribution in [-0.4, -0.2) is 35.0 Å². The van der Waals surface area contributed by atoms with Crippen molar-refractivity contribution in [1.82, 2.24) is 20.6 Å². The number of nitrogens with zero attached hydrogens (tertiary/aromatic N) is 2. The van der Waals surface area contributed by atoms with Crippen LogP contribution in [-0.2, 0) is 4.79 Å². The minimum Gasteiger partial charge on any atom is -0.455 e. The minimum atomic E-state index is -0.670. The van der Waals surface area contributed by atoms with Gasteiger partial charge < -0.3 is 10.1 Å². The van der Waals surface area contributed by atoms with Crippen LogP contribution in [0.4, 0.5) is 10.6 Å². The average Bonchev–Trinajstić information content (AvgIpc) is 2.86. The van der Waals surface area contributed by atoms with Crippen molar-refractivity contribution in [3.05, 3.63) is 66.0 Å². The summed E-state index contributed by atoms with van der Waals surface area (Å²) in [7, 11) is 0. The third kappa shape index (κ3) is 6.46. The Hall–Kier alpha value is -3.78. The van der Waals surface area contributed by atoms with E-state index in [0.29, 0.717) is 28.9 Å². The van der Waals surface area contributed by atoms with Gasteiger partial charge in [0.1, 0.15) is 17.3 Å². The lowest BCUT2D eigenvalue weighted by Gasteiger charge is -2.23. The van der Waals surface area contributed by atoms with E-state index in [4.69, 9.17) is 4.74 Å². The number of ether oxygens (including phenoxy) is 1. The predicted octanol–water partition coefficient (Wildman–Crippen LogP) is 5.41. The van der Waals surface area contributed by atoms with E-state index < -0.39 is 11.4 Å². The van der Waals surface area contributed by atoms with Crippen molar-refractivity contribution in [3.63, 3.8) is 0 Å². The number of carbonyl (C=O) groups excluding carboxylic acids is 2. The van der Waals surface area contributed by atoms with Gasteiger partial charge in [-0.1, -0.05) is 45.0 Å². The molecule has 3 N–H and O–H groups in total. The molecule has 8 nitrogen and oxygen atoms in total. The number of hydrogen-bond donors (Lipinski definition) is 3. The van der Waals surface area contributed by atoms with Crippen LogP contribution in [0.2, 0.25) is 0 Å². The number of carbonyl (C=O) groups is 2. The zero-order chi connectivity index (χ0) is 25.7. The highest BCUT2D eigenvalue weighted by molar-refractivity contribution is 6.02. The van der Waals surface area contributed by atoms with Gasteiger partial charge in [0, 0.05) is 23.2 Å². The third-order valence-electron chi connectivity index (χ3n) is 6.16. The Morgan fingerprint density at radius 1 is 1.03 bits per heavy atom. The van der Waals surface area contributed by atoms with Gasteiger partial charge in [0.05, 0.1) is 11.4 Å². The van der Waals surface area contributed by atoms with E-state index in [0.717, 1.165) is 24.3 Å². The first kappa shape index (κ1) is 25.3. The van der Waals surface area contributed by atoms with E-state index in [9.17, 15) is 9.59 Å². The molecule has 0 bridgehead atoms. The summed E-state index contributed by atoms with van der Waals surface area (Å²) in [4.78, 5) is 33.0. The number of nitrogens with one attached hydrogen (secondary N) is 3. The molecule has 1 fully saturated rings. The minimum absolute atomic E-state index is 0.323. The fourth-order valence-electron chi connectivity index (χ4n) is 4.00. The van der Waals surface area contributed by atoms with Gasteiger partial charge in [-0.2, -0.15) is 0 Å². The zero-order valence-electron chi connectivity index (χ0n) is 21.2. The van der Waals surface area contributed by atoms with Crippen molar-refractivity contribution in [2.45, 2.75) is 46.5 Å². The number of rotatable bonds is 5. The second-order valence-corrected chi connectivity index (χ2v) is 10.1. The van der Waals surface area contributed by atoms with Gasteiger partial charge >= 0.3 is 6.03 Å². The number of hydrogen-bond acceptors (Lipinski definition) is 6. The van der Waals surface area contributed by atoms with Crippen molar-refractivity contribution in [2.75, 3.05) is 18.4 Å². The number of aryl methyl sites for hydroxylation is 1. The molecule has 0 aliphatic carbocycles. The highest BCUT2D eigenvalue weighted by Crippen LogP contribution is 2.30. The van der Waals surface area contributed by atoms with Gasteiger partial charge in [0.2, 0.25) is 5.91 Å². The van der Waals surface area contributed by atoms with E-state index in [1.807, 2.05) is 6.07 Å².